The third-order valence-electron chi connectivity index (χ3n) is 4.11. The Bertz CT molecular complexity index is 469. The number of carboxylic acid groups (broad SMARTS) is 1. The summed E-state index contributed by atoms with van der Waals surface area (Å²) in [6, 6.07) is 2.22. The fourth-order valence-corrected chi connectivity index (χ4v) is 3.12. The molecule has 20 heavy (non-hydrogen) atoms. The summed E-state index contributed by atoms with van der Waals surface area (Å²) in [7, 11) is 0. The van der Waals surface area contributed by atoms with E-state index in [1.165, 1.54) is 4.90 Å². The highest BCUT2D eigenvalue weighted by atomic mass is 16.6. The lowest BCUT2D eigenvalue weighted by molar-refractivity contribution is -0.150. The molecule has 1 saturated heterocycles. The zero-order valence-corrected chi connectivity index (χ0v) is 12.0. The summed E-state index contributed by atoms with van der Waals surface area (Å²) in [5, 5.41) is 18.2. The predicted octanol–water partition coefficient (Wildman–Crippen LogP) is 1.86. The number of nitrogens with zero attached hydrogens (tertiary/aromatic N) is 2. The summed E-state index contributed by atoms with van der Waals surface area (Å²) in [6.07, 6.45) is 0.521. The molecule has 1 amide bonds. The van der Waals surface area contributed by atoms with Gasteiger partial charge in [-0.25, -0.2) is 4.79 Å². The van der Waals surface area contributed by atoms with Crippen LogP contribution < -0.4 is 0 Å². The minimum absolute atomic E-state index is 0.300. The molecule has 1 spiro atoms. The molecule has 110 valence electrons. The van der Waals surface area contributed by atoms with Gasteiger partial charge in [0.25, 0.3) is 0 Å². The van der Waals surface area contributed by atoms with Gasteiger partial charge in [0.15, 0.2) is 0 Å². The van der Waals surface area contributed by atoms with Gasteiger partial charge in [-0.1, -0.05) is 0 Å². The predicted molar refractivity (Wildman–Crippen MR) is 69.7 cm³/mol. The first kappa shape index (κ1) is 14.6. The molecule has 1 aliphatic heterocycles. The summed E-state index contributed by atoms with van der Waals surface area (Å²) >= 11 is 0. The molecule has 2 fully saturated rings. The molecule has 0 aromatic rings. The molecule has 1 unspecified atom stereocenters. The molecule has 0 bridgehead atoms. The van der Waals surface area contributed by atoms with E-state index in [0.717, 1.165) is 0 Å². The Kier molecular flexibility index (Phi) is 3.41. The number of carbonyl (C=O) groups excluding carboxylic acids is 1. The van der Waals surface area contributed by atoms with Crippen LogP contribution in [-0.2, 0) is 9.53 Å². The SMILES string of the molecule is CC(C)(C)OC(=O)N1CC(C#N)C2(CC(C(=O)O)C2)C1. The Morgan fingerprint density at radius 1 is 1.40 bits per heavy atom. The van der Waals surface area contributed by atoms with Gasteiger partial charge in [-0.3, -0.25) is 4.79 Å². The third kappa shape index (κ3) is 2.58. The van der Waals surface area contributed by atoms with Crippen LogP contribution in [0.25, 0.3) is 0 Å². The molecule has 0 radical (unpaired) electrons. The van der Waals surface area contributed by atoms with Crippen molar-refractivity contribution in [3.8, 4) is 6.07 Å². The molecule has 1 aliphatic carbocycles. The maximum Gasteiger partial charge on any atom is 0.410 e. The molecule has 2 rings (SSSR count). The summed E-state index contributed by atoms with van der Waals surface area (Å²) in [5.74, 6) is -1.50. The van der Waals surface area contributed by atoms with Crippen molar-refractivity contribution < 1.29 is 19.4 Å². The molecule has 1 saturated carbocycles. The number of rotatable bonds is 1. The fraction of sp³-hybridized carbons (Fsp3) is 0.786. The van der Waals surface area contributed by atoms with E-state index >= 15 is 0 Å². The van der Waals surface area contributed by atoms with Gasteiger partial charge < -0.3 is 14.7 Å². The van der Waals surface area contributed by atoms with Crippen molar-refractivity contribution in [1.29, 1.82) is 5.26 Å². The highest BCUT2D eigenvalue weighted by Gasteiger charge is 2.58. The van der Waals surface area contributed by atoms with E-state index in [0.29, 0.717) is 25.9 Å². The van der Waals surface area contributed by atoms with Crippen molar-refractivity contribution in [3.05, 3.63) is 0 Å². The van der Waals surface area contributed by atoms with Crippen LogP contribution in [0.5, 0.6) is 0 Å². The molecule has 1 N–H and O–H groups in total. The quantitative estimate of drug-likeness (QED) is 0.791. The average molecular weight is 280 g/mol. The first-order chi connectivity index (χ1) is 9.17. The lowest BCUT2D eigenvalue weighted by atomic mass is 9.57. The fourth-order valence-electron chi connectivity index (χ4n) is 3.12. The summed E-state index contributed by atoms with van der Waals surface area (Å²) in [6.45, 7) is 6.13. The summed E-state index contributed by atoms with van der Waals surface area (Å²) in [5.41, 5.74) is -0.924. The van der Waals surface area contributed by atoms with Gasteiger partial charge in [-0.05, 0) is 33.6 Å². The molecule has 6 nitrogen and oxygen atoms in total. The first-order valence-corrected chi connectivity index (χ1v) is 6.77. The van der Waals surface area contributed by atoms with Crippen molar-refractivity contribution in [2.45, 2.75) is 39.2 Å². The van der Waals surface area contributed by atoms with Crippen LogP contribution in [-0.4, -0.2) is 40.8 Å². The Balaban J connectivity index is 2.03. The highest BCUT2D eigenvalue weighted by molar-refractivity contribution is 5.72. The zero-order valence-electron chi connectivity index (χ0n) is 12.0. The second-order valence-corrected chi connectivity index (χ2v) is 6.85. The molecule has 0 aromatic heterocycles. The van der Waals surface area contributed by atoms with Gasteiger partial charge in [0.05, 0.1) is 17.9 Å². The van der Waals surface area contributed by atoms with E-state index in [1.54, 1.807) is 20.8 Å². The standard InChI is InChI=1S/C14H20N2O4/c1-13(2,3)20-12(19)16-7-10(6-15)14(8-16)4-9(5-14)11(17)18/h9-10H,4-5,7-8H2,1-3H3,(H,17,18). The van der Waals surface area contributed by atoms with Crippen molar-refractivity contribution in [1.82, 2.24) is 4.90 Å². The number of hydrogen-bond acceptors (Lipinski definition) is 4. The molecule has 0 aromatic carbocycles. The number of aliphatic carboxylic acids is 1. The number of carbonyl (C=O) groups is 2. The maximum atomic E-state index is 12.0. The topological polar surface area (TPSA) is 90.6 Å². The van der Waals surface area contributed by atoms with Crippen LogP contribution in [0.4, 0.5) is 4.79 Å². The van der Waals surface area contributed by atoms with E-state index < -0.39 is 17.7 Å². The zero-order chi connectivity index (χ0) is 15.1. The number of nitriles is 1. The van der Waals surface area contributed by atoms with Gasteiger partial charge in [0.1, 0.15) is 5.60 Å². The van der Waals surface area contributed by atoms with Crippen LogP contribution in [0, 0.1) is 28.6 Å². The number of carboxylic acids is 1. The largest absolute Gasteiger partial charge is 0.481 e. The smallest absolute Gasteiger partial charge is 0.410 e. The van der Waals surface area contributed by atoms with Crippen molar-refractivity contribution in [3.63, 3.8) is 0 Å². The van der Waals surface area contributed by atoms with E-state index in [-0.39, 0.29) is 17.3 Å². The molecule has 1 atom stereocenters. The van der Waals surface area contributed by atoms with Crippen molar-refractivity contribution in [2.75, 3.05) is 13.1 Å². The molecule has 1 heterocycles. The molecular formula is C14H20N2O4. The molecule has 6 heteroatoms. The Hall–Kier alpha value is -1.77. The van der Waals surface area contributed by atoms with Gasteiger partial charge in [-0.15, -0.1) is 0 Å². The Labute approximate surface area is 118 Å². The molecular weight excluding hydrogens is 260 g/mol. The second-order valence-electron chi connectivity index (χ2n) is 6.85. The number of ether oxygens (including phenoxy) is 1. The number of likely N-dealkylation sites (tertiary alicyclic amines) is 1. The van der Waals surface area contributed by atoms with Gasteiger partial charge in [0, 0.05) is 18.5 Å². The average Bonchev–Trinajstić information content (AvgIpc) is 2.63. The van der Waals surface area contributed by atoms with Crippen LogP contribution in [0.2, 0.25) is 0 Å². The van der Waals surface area contributed by atoms with Crippen LogP contribution in [0.1, 0.15) is 33.6 Å². The number of amides is 1. The highest BCUT2D eigenvalue weighted by Crippen LogP contribution is 2.54. The normalized spacial score (nSPS) is 32.6. The lowest BCUT2D eigenvalue weighted by Crippen LogP contribution is -2.47. The Morgan fingerprint density at radius 2 is 2.00 bits per heavy atom. The Morgan fingerprint density at radius 3 is 2.45 bits per heavy atom. The van der Waals surface area contributed by atoms with Crippen molar-refractivity contribution in [2.24, 2.45) is 17.3 Å². The summed E-state index contributed by atoms with van der Waals surface area (Å²) in [4.78, 5) is 24.5. The van der Waals surface area contributed by atoms with E-state index in [1.807, 2.05) is 0 Å². The minimum Gasteiger partial charge on any atom is -0.481 e. The second kappa shape index (κ2) is 4.65. The van der Waals surface area contributed by atoms with E-state index in [4.69, 9.17) is 9.84 Å². The van der Waals surface area contributed by atoms with Crippen LogP contribution in [0.15, 0.2) is 0 Å². The van der Waals surface area contributed by atoms with Crippen LogP contribution in [0.3, 0.4) is 0 Å². The van der Waals surface area contributed by atoms with E-state index in [2.05, 4.69) is 6.07 Å². The maximum absolute atomic E-state index is 12.0. The monoisotopic (exact) mass is 280 g/mol. The van der Waals surface area contributed by atoms with Crippen LogP contribution >= 0.6 is 0 Å². The van der Waals surface area contributed by atoms with Gasteiger partial charge in [0.2, 0.25) is 0 Å². The first-order valence-electron chi connectivity index (χ1n) is 6.77. The lowest BCUT2D eigenvalue weighted by Gasteiger charge is -2.44. The molecule has 2 aliphatic rings. The summed E-state index contributed by atoms with van der Waals surface area (Å²) < 4.78 is 5.31. The van der Waals surface area contributed by atoms with Gasteiger partial charge in [-0.2, -0.15) is 5.26 Å². The minimum atomic E-state index is -0.817. The van der Waals surface area contributed by atoms with Crippen molar-refractivity contribution >= 4 is 12.1 Å². The van der Waals surface area contributed by atoms with Gasteiger partial charge >= 0.3 is 12.1 Å². The third-order valence-corrected chi connectivity index (χ3v) is 4.11. The number of hydrogen-bond donors (Lipinski definition) is 1. The van der Waals surface area contributed by atoms with E-state index in [9.17, 15) is 14.9 Å².